The lowest BCUT2D eigenvalue weighted by atomic mass is 10.0. The number of nitrogens with zero attached hydrogens (tertiary/aromatic N) is 2. The van der Waals surface area contributed by atoms with Crippen molar-refractivity contribution in [3.63, 3.8) is 0 Å². The molecule has 5 nitrogen and oxygen atoms in total. The molecule has 1 unspecified atom stereocenters. The molecule has 1 aromatic heterocycles. The number of hydrogen-bond acceptors (Lipinski definition) is 6. The van der Waals surface area contributed by atoms with Gasteiger partial charge in [0.2, 0.25) is 0 Å². The van der Waals surface area contributed by atoms with Crippen molar-refractivity contribution in [1.82, 2.24) is 10.0 Å². The average molecular weight is 256 g/mol. The van der Waals surface area contributed by atoms with Crippen LogP contribution in [-0.2, 0) is 9.59 Å². The van der Waals surface area contributed by atoms with Gasteiger partial charge in [0.15, 0.2) is 0 Å². The van der Waals surface area contributed by atoms with E-state index in [1.54, 1.807) is 18.3 Å². The minimum absolute atomic E-state index is 0.0479. The molecule has 1 aliphatic heterocycles. The van der Waals surface area contributed by atoms with Crippen LogP contribution in [0, 0.1) is 0 Å². The molecule has 2 rings (SSSR count). The number of carbonyl (C=O) groups excluding carboxylic acids is 2. The Morgan fingerprint density at radius 2 is 2.31 bits per heavy atom. The normalized spacial score (nSPS) is 20.6. The van der Waals surface area contributed by atoms with E-state index in [1.165, 1.54) is 0 Å². The van der Waals surface area contributed by atoms with Gasteiger partial charge in [-0.3, -0.25) is 19.8 Å². The smallest absolute Gasteiger partial charge is 0.262 e. The highest BCUT2D eigenvalue weighted by molar-refractivity contribution is 8.68. The lowest BCUT2D eigenvalue weighted by molar-refractivity contribution is -0.171. The summed E-state index contributed by atoms with van der Waals surface area (Å²) in [5.41, 5.74) is 0.484. The molecule has 1 atom stereocenters. The molecule has 2 amide bonds. The summed E-state index contributed by atoms with van der Waals surface area (Å²) in [5, 5.41) is 9.30. The molecular weight excluding hydrogens is 248 g/mol. The molecule has 2 heterocycles. The molecule has 0 spiro atoms. The van der Waals surface area contributed by atoms with E-state index in [4.69, 9.17) is 5.21 Å². The molecule has 0 bridgehead atoms. The van der Waals surface area contributed by atoms with Gasteiger partial charge >= 0.3 is 0 Å². The van der Waals surface area contributed by atoms with Crippen molar-refractivity contribution in [3.05, 3.63) is 24.0 Å². The Hall–Kier alpha value is -1.05. The van der Waals surface area contributed by atoms with Crippen LogP contribution >= 0.6 is 22.5 Å². The maximum atomic E-state index is 11.6. The van der Waals surface area contributed by atoms with Crippen molar-refractivity contribution in [2.75, 3.05) is 0 Å². The fourth-order valence-corrected chi connectivity index (χ4v) is 2.47. The van der Waals surface area contributed by atoms with Crippen molar-refractivity contribution in [2.45, 2.75) is 17.2 Å². The average Bonchev–Trinajstić information content (AvgIpc) is 2.57. The standard InChI is InChI=1S/C9H8N2O3S2/c12-7-4-5(9(13)11(7)14)8-6(16-15)2-1-3-10-8/h1-3,5,14-15H,4H2. The molecule has 16 heavy (non-hydrogen) atoms. The van der Waals surface area contributed by atoms with Crippen LogP contribution in [0.3, 0.4) is 0 Å². The number of pyridine rings is 1. The molecule has 0 aliphatic carbocycles. The number of carbonyl (C=O) groups is 2. The molecular formula is C9H8N2O3S2. The molecule has 84 valence electrons. The summed E-state index contributed by atoms with van der Waals surface area (Å²) in [6.07, 6.45) is 1.49. The Balaban J connectivity index is 2.38. The molecule has 0 aromatic carbocycles. The first-order valence-electron chi connectivity index (χ1n) is 4.47. The molecule has 7 heteroatoms. The predicted octanol–water partition coefficient (Wildman–Crippen LogP) is 1.25. The highest BCUT2D eigenvalue weighted by atomic mass is 33.1. The van der Waals surface area contributed by atoms with E-state index in [0.29, 0.717) is 10.6 Å². The number of amides is 2. The van der Waals surface area contributed by atoms with Crippen LogP contribution in [0.4, 0.5) is 0 Å². The fourth-order valence-electron chi connectivity index (χ4n) is 1.57. The van der Waals surface area contributed by atoms with Crippen LogP contribution in [-0.4, -0.2) is 27.1 Å². The minimum Gasteiger partial charge on any atom is -0.278 e. The first kappa shape index (κ1) is 11.4. The third kappa shape index (κ3) is 1.81. The maximum Gasteiger partial charge on any atom is 0.262 e. The molecule has 0 saturated carbocycles. The Bertz CT molecular complexity index is 452. The Morgan fingerprint density at radius 3 is 2.88 bits per heavy atom. The van der Waals surface area contributed by atoms with Crippen LogP contribution in [0.25, 0.3) is 0 Å². The van der Waals surface area contributed by atoms with Gasteiger partial charge in [0, 0.05) is 17.5 Å². The summed E-state index contributed by atoms with van der Waals surface area (Å²) >= 11 is 4.05. The van der Waals surface area contributed by atoms with Crippen LogP contribution in [0.5, 0.6) is 0 Å². The first-order valence-corrected chi connectivity index (χ1v) is 6.34. The summed E-state index contributed by atoms with van der Waals surface area (Å²) in [4.78, 5) is 27.5. The summed E-state index contributed by atoms with van der Waals surface area (Å²) < 4.78 is 0. The zero-order valence-electron chi connectivity index (χ0n) is 8.03. The Kier molecular flexibility index (Phi) is 3.17. The van der Waals surface area contributed by atoms with Gasteiger partial charge in [-0.2, -0.15) is 5.06 Å². The highest BCUT2D eigenvalue weighted by Crippen LogP contribution is 2.34. The maximum absolute atomic E-state index is 11.6. The van der Waals surface area contributed by atoms with E-state index in [2.05, 4.69) is 16.6 Å². The first-order chi connectivity index (χ1) is 7.65. The summed E-state index contributed by atoms with van der Waals surface area (Å²) in [6.45, 7) is 0. The van der Waals surface area contributed by atoms with E-state index in [0.717, 1.165) is 10.8 Å². The molecule has 1 aliphatic rings. The Labute approximate surface area is 101 Å². The fraction of sp³-hybridized carbons (Fsp3) is 0.222. The molecule has 0 radical (unpaired) electrons. The van der Waals surface area contributed by atoms with Crippen molar-refractivity contribution in [3.8, 4) is 0 Å². The number of hydroxylamine groups is 2. The van der Waals surface area contributed by atoms with Crippen LogP contribution in [0.15, 0.2) is 23.2 Å². The van der Waals surface area contributed by atoms with Gasteiger partial charge < -0.3 is 0 Å². The molecule has 1 saturated heterocycles. The van der Waals surface area contributed by atoms with Gasteiger partial charge in [-0.25, -0.2) is 0 Å². The van der Waals surface area contributed by atoms with E-state index < -0.39 is 17.7 Å². The lowest BCUT2D eigenvalue weighted by Crippen LogP contribution is -2.26. The molecule has 1 aromatic rings. The second kappa shape index (κ2) is 4.44. The second-order valence-electron chi connectivity index (χ2n) is 3.28. The van der Waals surface area contributed by atoms with Crippen LogP contribution in [0.1, 0.15) is 18.0 Å². The number of imide groups is 1. The topological polar surface area (TPSA) is 70.5 Å². The minimum atomic E-state index is -0.701. The number of rotatable bonds is 2. The summed E-state index contributed by atoms with van der Waals surface area (Å²) in [6, 6.07) is 3.48. The highest BCUT2D eigenvalue weighted by Gasteiger charge is 2.40. The van der Waals surface area contributed by atoms with Crippen molar-refractivity contribution in [2.24, 2.45) is 0 Å². The van der Waals surface area contributed by atoms with Gasteiger partial charge in [-0.1, -0.05) is 10.8 Å². The van der Waals surface area contributed by atoms with Gasteiger partial charge in [0.25, 0.3) is 11.8 Å². The number of thiol groups is 1. The van der Waals surface area contributed by atoms with Crippen molar-refractivity contribution in [1.29, 1.82) is 0 Å². The van der Waals surface area contributed by atoms with Gasteiger partial charge in [-0.15, -0.1) is 11.7 Å². The zero-order chi connectivity index (χ0) is 11.7. The predicted molar refractivity (Wildman–Crippen MR) is 60.1 cm³/mol. The van der Waals surface area contributed by atoms with E-state index in [9.17, 15) is 9.59 Å². The third-order valence-electron chi connectivity index (χ3n) is 2.35. The lowest BCUT2D eigenvalue weighted by Gasteiger charge is -2.09. The quantitative estimate of drug-likeness (QED) is 0.361. The molecule has 1 N–H and O–H groups in total. The van der Waals surface area contributed by atoms with E-state index in [1.807, 2.05) is 0 Å². The number of hydrogen-bond donors (Lipinski definition) is 2. The monoisotopic (exact) mass is 256 g/mol. The van der Waals surface area contributed by atoms with Gasteiger partial charge in [-0.05, 0) is 12.1 Å². The summed E-state index contributed by atoms with van der Waals surface area (Å²) in [5.74, 6) is -1.93. The third-order valence-corrected chi connectivity index (χ3v) is 3.48. The second-order valence-corrected chi connectivity index (χ2v) is 4.45. The Morgan fingerprint density at radius 1 is 1.56 bits per heavy atom. The van der Waals surface area contributed by atoms with E-state index in [-0.39, 0.29) is 11.5 Å². The van der Waals surface area contributed by atoms with Gasteiger partial charge in [0.05, 0.1) is 11.6 Å². The summed E-state index contributed by atoms with van der Waals surface area (Å²) in [7, 11) is 1.16. The van der Waals surface area contributed by atoms with Crippen LogP contribution in [0.2, 0.25) is 0 Å². The van der Waals surface area contributed by atoms with E-state index >= 15 is 0 Å². The van der Waals surface area contributed by atoms with Crippen LogP contribution < -0.4 is 0 Å². The zero-order valence-corrected chi connectivity index (χ0v) is 9.74. The largest absolute Gasteiger partial charge is 0.278 e. The van der Waals surface area contributed by atoms with Gasteiger partial charge in [0.1, 0.15) is 0 Å². The number of aromatic nitrogens is 1. The SMILES string of the molecule is O=C1CC(c2ncccc2SS)C(=O)N1O. The molecule has 1 fully saturated rings. The van der Waals surface area contributed by atoms with Crippen molar-refractivity contribution < 1.29 is 14.8 Å². The van der Waals surface area contributed by atoms with Crippen molar-refractivity contribution >= 4 is 34.3 Å².